The summed E-state index contributed by atoms with van der Waals surface area (Å²) in [4.78, 5) is 10.8. The third-order valence-electron chi connectivity index (χ3n) is 2.21. The van der Waals surface area contributed by atoms with Gasteiger partial charge in [0.15, 0.2) is 5.78 Å². The molecule has 100 valence electrons. The van der Waals surface area contributed by atoms with Gasteiger partial charge in [0, 0.05) is 13.5 Å². The molecule has 4 nitrogen and oxygen atoms in total. The van der Waals surface area contributed by atoms with Crippen molar-refractivity contribution in [2.24, 2.45) is 0 Å². The number of methoxy groups -OCH3 is 1. The van der Waals surface area contributed by atoms with Crippen molar-refractivity contribution >= 4 is 15.6 Å². The number of hydrogen-bond donors (Lipinski definition) is 0. The molecule has 0 bridgehead atoms. The maximum absolute atomic E-state index is 12.5. The summed E-state index contributed by atoms with van der Waals surface area (Å²) in [6, 6.07) is 5.22. The molecule has 7 heteroatoms. The molecule has 0 spiro atoms. The Morgan fingerprint density at radius 3 is 2.50 bits per heavy atom. The Morgan fingerprint density at radius 2 is 1.94 bits per heavy atom. The lowest BCUT2D eigenvalue weighted by Gasteiger charge is -2.09. The minimum absolute atomic E-state index is 0.0554. The van der Waals surface area contributed by atoms with E-state index in [4.69, 9.17) is 0 Å². The number of ketones is 1. The number of Topliss-reactive ketones (excluding diaryl/α,β-unsaturated/α-hetero) is 1. The van der Waals surface area contributed by atoms with Crippen molar-refractivity contribution in [1.29, 1.82) is 0 Å². The first-order valence-corrected chi connectivity index (χ1v) is 6.54. The molecule has 0 heterocycles. The van der Waals surface area contributed by atoms with Crippen molar-refractivity contribution in [1.82, 2.24) is 0 Å². The van der Waals surface area contributed by atoms with Gasteiger partial charge >= 0.3 is 5.76 Å². The minimum atomic E-state index is -4.69. The second-order valence-electron chi connectivity index (χ2n) is 3.56. The van der Waals surface area contributed by atoms with Crippen molar-refractivity contribution in [3.05, 3.63) is 29.8 Å². The molecule has 1 rings (SSSR count). The average Bonchev–Trinajstić information content (AvgIpc) is 2.29. The lowest BCUT2D eigenvalue weighted by atomic mass is 10.1. The Labute approximate surface area is 103 Å². The van der Waals surface area contributed by atoms with Gasteiger partial charge in [-0.25, -0.2) is 8.42 Å². The van der Waals surface area contributed by atoms with E-state index in [2.05, 4.69) is 4.74 Å². The van der Waals surface area contributed by atoms with E-state index in [0.29, 0.717) is 0 Å². The molecule has 0 saturated heterocycles. The van der Waals surface area contributed by atoms with E-state index >= 15 is 0 Å². The van der Waals surface area contributed by atoms with Crippen molar-refractivity contribution in [2.75, 3.05) is 13.7 Å². The number of hydrogen-bond acceptors (Lipinski definition) is 4. The Morgan fingerprint density at radius 1 is 1.33 bits per heavy atom. The molecule has 0 aliphatic carbocycles. The maximum Gasteiger partial charge on any atom is 0.341 e. The summed E-state index contributed by atoms with van der Waals surface area (Å²) in [6.07, 6.45) is -0.254. The largest absolute Gasteiger partial charge is 0.377 e. The highest BCUT2D eigenvalue weighted by Crippen LogP contribution is 2.22. The number of halogens is 2. The maximum atomic E-state index is 12.5. The number of carbonyl (C=O) groups is 1. The fraction of sp³-hybridized carbons (Fsp3) is 0.364. The van der Waals surface area contributed by atoms with Crippen LogP contribution in [-0.2, 0) is 25.8 Å². The lowest BCUT2D eigenvalue weighted by Crippen LogP contribution is -2.16. The second kappa shape index (κ2) is 6.01. The molecule has 0 atom stereocenters. The van der Waals surface area contributed by atoms with Crippen LogP contribution in [0.2, 0.25) is 0 Å². The predicted molar refractivity (Wildman–Crippen MR) is 60.2 cm³/mol. The molecule has 1 aromatic carbocycles. The molecule has 0 aliphatic rings. The molecule has 0 aliphatic heterocycles. The number of rotatable bonds is 6. The van der Waals surface area contributed by atoms with Crippen molar-refractivity contribution in [3.63, 3.8) is 0 Å². The van der Waals surface area contributed by atoms with E-state index in [-0.39, 0.29) is 24.4 Å². The monoisotopic (exact) mass is 278 g/mol. The number of sulfone groups is 1. The van der Waals surface area contributed by atoms with Gasteiger partial charge in [0.1, 0.15) is 6.61 Å². The zero-order chi connectivity index (χ0) is 13.8. The first kappa shape index (κ1) is 14.7. The fourth-order valence-electron chi connectivity index (χ4n) is 1.45. The van der Waals surface area contributed by atoms with Gasteiger partial charge in [-0.05, 0) is 11.6 Å². The first-order valence-electron chi connectivity index (χ1n) is 5.00. The van der Waals surface area contributed by atoms with Gasteiger partial charge in [0.25, 0.3) is 0 Å². The molecule has 0 aromatic heterocycles. The number of ether oxygens (including phenoxy) is 1. The van der Waals surface area contributed by atoms with Gasteiger partial charge in [0.05, 0.1) is 4.90 Å². The van der Waals surface area contributed by atoms with Crippen molar-refractivity contribution in [3.8, 4) is 0 Å². The van der Waals surface area contributed by atoms with Crippen LogP contribution in [0.25, 0.3) is 0 Å². The zero-order valence-corrected chi connectivity index (χ0v) is 10.4. The average molecular weight is 278 g/mol. The Bertz CT molecular complexity index is 526. The van der Waals surface area contributed by atoms with E-state index in [9.17, 15) is 22.0 Å². The van der Waals surface area contributed by atoms with Gasteiger partial charge in [-0.3, -0.25) is 4.79 Å². The number of benzene rings is 1. The normalized spacial score (nSPS) is 11.8. The molecule has 0 radical (unpaired) electrons. The van der Waals surface area contributed by atoms with Crippen LogP contribution in [0.3, 0.4) is 0 Å². The summed E-state index contributed by atoms with van der Waals surface area (Å²) < 4.78 is 52.3. The smallest absolute Gasteiger partial charge is 0.341 e. The summed E-state index contributed by atoms with van der Waals surface area (Å²) in [6.45, 7) is -0.191. The zero-order valence-electron chi connectivity index (χ0n) is 9.60. The molecule has 0 saturated carbocycles. The van der Waals surface area contributed by atoms with Crippen LogP contribution in [-0.4, -0.2) is 33.7 Å². The van der Waals surface area contributed by atoms with Crippen LogP contribution >= 0.6 is 0 Å². The molecule has 0 unspecified atom stereocenters. The van der Waals surface area contributed by atoms with Gasteiger partial charge < -0.3 is 4.74 Å². The highest BCUT2D eigenvalue weighted by molar-refractivity contribution is 7.91. The molecule has 1 aromatic rings. The highest BCUT2D eigenvalue weighted by atomic mass is 32.2. The first-order chi connectivity index (χ1) is 8.39. The number of alkyl halides is 2. The van der Waals surface area contributed by atoms with Crippen LogP contribution in [0.4, 0.5) is 8.78 Å². The standard InChI is InChI=1S/C11H12F2O4S/c1-17-7-9(14)6-8-4-2-3-5-10(8)18(15,16)11(12)13/h2-5,11H,6-7H2,1H3. The lowest BCUT2D eigenvalue weighted by molar-refractivity contribution is -0.122. The minimum Gasteiger partial charge on any atom is -0.377 e. The molecule has 0 amide bonds. The summed E-state index contributed by atoms with van der Waals surface area (Å²) in [5.74, 6) is -3.88. The summed E-state index contributed by atoms with van der Waals surface area (Å²) >= 11 is 0. The van der Waals surface area contributed by atoms with Gasteiger partial charge in [0.2, 0.25) is 9.84 Å². The second-order valence-corrected chi connectivity index (χ2v) is 5.45. The molecule has 0 fully saturated rings. The van der Waals surface area contributed by atoms with Gasteiger partial charge in [-0.2, -0.15) is 8.78 Å². The Hall–Kier alpha value is -1.34. The Balaban J connectivity index is 3.12. The van der Waals surface area contributed by atoms with Crippen LogP contribution in [0, 0.1) is 0 Å². The van der Waals surface area contributed by atoms with E-state index in [1.54, 1.807) is 0 Å². The van der Waals surface area contributed by atoms with Gasteiger partial charge in [-0.1, -0.05) is 18.2 Å². The highest BCUT2D eigenvalue weighted by Gasteiger charge is 2.29. The topological polar surface area (TPSA) is 60.4 Å². The quantitative estimate of drug-likeness (QED) is 0.790. The summed E-state index contributed by atoms with van der Waals surface area (Å²) in [7, 11) is -3.38. The van der Waals surface area contributed by atoms with Crippen LogP contribution in [0.15, 0.2) is 29.2 Å². The van der Waals surface area contributed by atoms with Crippen LogP contribution in [0.1, 0.15) is 5.56 Å². The van der Waals surface area contributed by atoms with E-state index in [1.165, 1.54) is 25.3 Å². The summed E-state index contributed by atoms with van der Waals surface area (Å²) in [5, 5.41) is 0. The van der Waals surface area contributed by atoms with E-state index in [0.717, 1.165) is 6.07 Å². The molecule has 18 heavy (non-hydrogen) atoms. The molecule has 0 N–H and O–H groups in total. The predicted octanol–water partition coefficient (Wildman–Crippen LogP) is 1.44. The van der Waals surface area contributed by atoms with Crippen LogP contribution in [0.5, 0.6) is 0 Å². The SMILES string of the molecule is COCC(=O)Cc1ccccc1S(=O)(=O)C(F)F. The van der Waals surface area contributed by atoms with Gasteiger partial charge in [-0.15, -0.1) is 0 Å². The third kappa shape index (κ3) is 3.33. The fourth-order valence-corrected chi connectivity index (χ4v) is 2.41. The molecular formula is C11H12F2O4S. The molecular weight excluding hydrogens is 266 g/mol. The van der Waals surface area contributed by atoms with E-state index < -0.39 is 20.5 Å². The van der Waals surface area contributed by atoms with Crippen LogP contribution < -0.4 is 0 Å². The number of carbonyl (C=O) groups excluding carboxylic acids is 1. The third-order valence-corrected chi connectivity index (χ3v) is 3.69. The Kier molecular flexibility index (Phi) is 4.92. The van der Waals surface area contributed by atoms with Crippen molar-refractivity contribution < 1.29 is 26.7 Å². The summed E-state index contributed by atoms with van der Waals surface area (Å²) in [5.41, 5.74) is 0.0554. The van der Waals surface area contributed by atoms with E-state index in [1.807, 2.05) is 0 Å². The van der Waals surface area contributed by atoms with Crippen molar-refractivity contribution in [2.45, 2.75) is 17.1 Å².